The number of hydrogen-bond acceptors (Lipinski definition) is 5. The van der Waals surface area contributed by atoms with Gasteiger partial charge < -0.3 is 15.4 Å². The number of primary amides is 1. The number of anilines is 1. The highest BCUT2D eigenvalue weighted by Crippen LogP contribution is 2.20. The van der Waals surface area contributed by atoms with Crippen LogP contribution in [0.4, 0.5) is 10.1 Å². The van der Waals surface area contributed by atoms with Crippen LogP contribution in [0.25, 0.3) is 11.8 Å². The molecule has 0 bridgehead atoms. The fourth-order valence-electron chi connectivity index (χ4n) is 3.37. The maximum Gasteiger partial charge on any atom is 0.331 e. The van der Waals surface area contributed by atoms with Gasteiger partial charge in [0.15, 0.2) is 6.61 Å². The number of aromatic nitrogens is 2. The van der Waals surface area contributed by atoms with Crippen LogP contribution in [-0.4, -0.2) is 40.7 Å². The molecule has 0 aliphatic rings. The maximum absolute atomic E-state index is 13.2. The van der Waals surface area contributed by atoms with Gasteiger partial charge in [-0.15, -0.1) is 0 Å². The summed E-state index contributed by atoms with van der Waals surface area (Å²) in [6.07, 6.45) is 2.76. The molecular weight excluding hydrogens is 439 g/mol. The van der Waals surface area contributed by atoms with Gasteiger partial charge in [0.05, 0.1) is 11.4 Å². The van der Waals surface area contributed by atoms with Crippen molar-refractivity contribution in [1.29, 1.82) is 0 Å². The van der Waals surface area contributed by atoms with Gasteiger partial charge in [-0.05, 0) is 56.3 Å². The third-order valence-electron chi connectivity index (χ3n) is 5.09. The Labute approximate surface area is 196 Å². The van der Waals surface area contributed by atoms with Gasteiger partial charge in [-0.1, -0.05) is 18.2 Å². The Morgan fingerprint density at radius 1 is 1.09 bits per heavy atom. The van der Waals surface area contributed by atoms with Crippen LogP contribution in [0.3, 0.4) is 0 Å². The van der Waals surface area contributed by atoms with Gasteiger partial charge >= 0.3 is 5.97 Å². The summed E-state index contributed by atoms with van der Waals surface area (Å²) in [4.78, 5) is 37.4. The van der Waals surface area contributed by atoms with E-state index in [1.165, 1.54) is 23.1 Å². The summed E-state index contributed by atoms with van der Waals surface area (Å²) in [5, 5.41) is 4.45. The van der Waals surface area contributed by atoms with Gasteiger partial charge in [-0.3, -0.25) is 9.59 Å². The van der Waals surface area contributed by atoms with Gasteiger partial charge in [0.2, 0.25) is 5.91 Å². The molecule has 1 heterocycles. The maximum atomic E-state index is 13.2. The van der Waals surface area contributed by atoms with Crippen LogP contribution in [0.1, 0.15) is 23.4 Å². The molecule has 0 saturated carbocycles. The quantitative estimate of drug-likeness (QED) is 0.387. The van der Waals surface area contributed by atoms with Crippen molar-refractivity contribution >= 4 is 29.5 Å². The highest BCUT2D eigenvalue weighted by Gasteiger charge is 2.18. The molecule has 0 spiro atoms. The number of carbonyl (C=O) groups is 3. The average Bonchev–Trinajstić information content (AvgIpc) is 3.10. The first-order chi connectivity index (χ1) is 16.3. The number of carbonyl (C=O) groups excluding carboxylic acids is 3. The van der Waals surface area contributed by atoms with E-state index >= 15 is 0 Å². The molecule has 0 fully saturated rings. The molecule has 176 valence electrons. The van der Waals surface area contributed by atoms with Crippen molar-refractivity contribution in [3.8, 4) is 5.69 Å². The van der Waals surface area contributed by atoms with Crippen LogP contribution >= 0.6 is 0 Å². The number of halogens is 1. The van der Waals surface area contributed by atoms with Crippen LogP contribution in [0.2, 0.25) is 0 Å². The molecular formula is C25H25FN4O4. The molecule has 1 aromatic heterocycles. The number of aryl methyl sites for hydroxylation is 1. The number of amides is 2. The lowest BCUT2D eigenvalue weighted by Crippen LogP contribution is -2.37. The van der Waals surface area contributed by atoms with Crippen molar-refractivity contribution < 1.29 is 23.5 Å². The second kappa shape index (κ2) is 11.0. The van der Waals surface area contributed by atoms with Crippen molar-refractivity contribution in [2.75, 3.05) is 18.1 Å². The molecule has 2 aromatic carbocycles. The minimum Gasteiger partial charge on any atom is -0.452 e. The van der Waals surface area contributed by atoms with Crippen molar-refractivity contribution in [3.05, 3.63) is 83.4 Å². The third-order valence-corrected chi connectivity index (χ3v) is 5.09. The highest BCUT2D eigenvalue weighted by atomic mass is 19.1. The molecule has 2 N–H and O–H groups in total. The second-order valence-electron chi connectivity index (χ2n) is 7.51. The van der Waals surface area contributed by atoms with Crippen molar-refractivity contribution in [3.63, 3.8) is 0 Å². The summed E-state index contributed by atoms with van der Waals surface area (Å²) in [5.41, 5.74) is 8.60. The van der Waals surface area contributed by atoms with Crippen molar-refractivity contribution in [2.45, 2.75) is 20.3 Å². The van der Waals surface area contributed by atoms with Crippen LogP contribution in [0, 0.1) is 19.7 Å². The zero-order valence-corrected chi connectivity index (χ0v) is 18.9. The van der Waals surface area contributed by atoms with E-state index in [0.29, 0.717) is 22.6 Å². The van der Waals surface area contributed by atoms with Crippen molar-refractivity contribution in [1.82, 2.24) is 9.78 Å². The third kappa shape index (κ3) is 6.16. The van der Waals surface area contributed by atoms with Crippen LogP contribution in [0.15, 0.2) is 60.7 Å². The number of esters is 1. The summed E-state index contributed by atoms with van der Waals surface area (Å²) in [6, 6.07) is 14.6. The first kappa shape index (κ1) is 24.4. The zero-order valence-electron chi connectivity index (χ0n) is 18.9. The Morgan fingerprint density at radius 3 is 2.41 bits per heavy atom. The molecule has 0 unspecified atom stereocenters. The number of rotatable bonds is 9. The molecule has 3 rings (SSSR count). The van der Waals surface area contributed by atoms with E-state index < -0.39 is 24.4 Å². The predicted octanol–water partition coefficient (Wildman–Crippen LogP) is 3.09. The largest absolute Gasteiger partial charge is 0.452 e. The smallest absolute Gasteiger partial charge is 0.331 e. The Morgan fingerprint density at radius 2 is 1.76 bits per heavy atom. The van der Waals surface area contributed by atoms with Gasteiger partial charge in [0.25, 0.3) is 5.91 Å². The number of ether oxygens (including phenoxy) is 1. The van der Waals surface area contributed by atoms with Crippen LogP contribution in [-0.2, 0) is 19.1 Å². The summed E-state index contributed by atoms with van der Waals surface area (Å²) >= 11 is 0. The molecule has 0 atom stereocenters. The minimum absolute atomic E-state index is 0.0227. The first-order valence-electron chi connectivity index (χ1n) is 10.6. The monoisotopic (exact) mass is 464 g/mol. The van der Waals surface area contributed by atoms with E-state index in [2.05, 4.69) is 5.10 Å². The lowest BCUT2D eigenvalue weighted by molar-refractivity contribution is -0.143. The molecule has 3 aromatic rings. The van der Waals surface area contributed by atoms with Crippen LogP contribution < -0.4 is 10.6 Å². The number of nitrogens with two attached hydrogens (primary N) is 1. The van der Waals surface area contributed by atoms with Gasteiger partial charge in [-0.25, -0.2) is 13.9 Å². The van der Waals surface area contributed by atoms with Gasteiger partial charge in [0, 0.05) is 36.0 Å². The Bertz CT molecular complexity index is 1200. The summed E-state index contributed by atoms with van der Waals surface area (Å²) in [6.45, 7) is 3.20. The summed E-state index contributed by atoms with van der Waals surface area (Å²) in [5.74, 6) is -2.07. The van der Waals surface area contributed by atoms with E-state index in [0.717, 1.165) is 5.69 Å². The SMILES string of the molecule is Cc1nn(-c2ccc(F)cc2)c(C)c1/C=C/C(=O)OCC(=O)N(CCC(N)=O)c1ccccc1. The topological polar surface area (TPSA) is 108 Å². The molecule has 2 amide bonds. The Balaban J connectivity index is 1.66. The second-order valence-corrected chi connectivity index (χ2v) is 7.51. The zero-order chi connectivity index (χ0) is 24.7. The van der Waals surface area contributed by atoms with E-state index in [-0.39, 0.29) is 18.8 Å². The van der Waals surface area contributed by atoms with Crippen LogP contribution in [0.5, 0.6) is 0 Å². The number of hydrogen-bond donors (Lipinski definition) is 1. The summed E-state index contributed by atoms with van der Waals surface area (Å²) < 4.78 is 20.0. The highest BCUT2D eigenvalue weighted by molar-refractivity contribution is 5.97. The van der Waals surface area contributed by atoms with E-state index in [1.807, 2.05) is 6.92 Å². The van der Waals surface area contributed by atoms with E-state index in [1.54, 1.807) is 60.1 Å². The molecule has 0 aliphatic carbocycles. The van der Waals surface area contributed by atoms with E-state index in [9.17, 15) is 18.8 Å². The van der Waals surface area contributed by atoms with E-state index in [4.69, 9.17) is 10.5 Å². The minimum atomic E-state index is -0.704. The normalized spacial score (nSPS) is 10.9. The average molecular weight is 464 g/mol. The van der Waals surface area contributed by atoms with Gasteiger partial charge in [0.1, 0.15) is 5.82 Å². The first-order valence-corrected chi connectivity index (χ1v) is 10.6. The molecule has 0 aliphatic heterocycles. The predicted molar refractivity (Wildman–Crippen MR) is 126 cm³/mol. The molecule has 0 radical (unpaired) electrons. The number of nitrogens with zero attached hydrogens (tertiary/aromatic N) is 3. The Kier molecular flexibility index (Phi) is 7.92. The molecule has 34 heavy (non-hydrogen) atoms. The molecule has 8 nitrogen and oxygen atoms in total. The summed E-state index contributed by atoms with van der Waals surface area (Å²) in [7, 11) is 0. The standard InChI is InChI=1S/C25H25FN4O4/c1-17-22(18(2)30(28-17)21-10-8-19(26)9-11-21)12-13-25(33)34-16-24(32)29(15-14-23(27)31)20-6-4-3-5-7-20/h3-13H,14-16H2,1-2H3,(H2,27,31)/b13-12+. The lowest BCUT2D eigenvalue weighted by atomic mass is 10.2. The number of para-hydroxylation sites is 1. The Hall–Kier alpha value is -4.27. The van der Waals surface area contributed by atoms with Gasteiger partial charge in [-0.2, -0.15) is 5.10 Å². The fraction of sp³-hybridized carbons (Fsp3) is 0.200. The lowest BCUT2D eigenvalue weighted by Gasteiger charge is -2.22. The van der Waals surface area contributed by atoms with Crippen molar-refractivity contribution in [2.24, 2.45) is 5.73 Å². The molecule has 9 heteroatoms. The fourth-order valence-corrected chi connectivity index (χ4v) is 3.37. The molecule has 0 saturated heterocycles. The number of benzene rings is 2.